The maximum atomic E-state index is 3.63. The molecular weight excluding hydrogens is 274 g/mol. The summed E-state index contributed by atoms with van der Waals surface area (Å²) in [6, 6.07) is 7.45. The molecule has 1 N–H and O–H groups in total. The van der Waals surface area contributed by atoms with Crippen LogP contribution in [0.4, 0.5) is 0 Å². The summed E-state index contributed by atoms with van der Waals surface area (Å²) in [7, 11) is 0. The Labute approximate surface area is 113 Å². The van der Waals surface area contributed by atoms with Crippen LogP contribution in [0.2, 0.25) is 0 Å². The van der Waals surface area contributed by atoms with E-state index in [9.17, 15) is 0 Å². The summed E-state index contributed by atoms with van der Waals surface area (Å²) in [6.45, 7) is 5.59. The Morgan fingerprint density at radius 1 is 1.35 bits per heavy atom. The number of hydrogen-bond donors (Lipinski definition) is 1. The van der Waals surface area contributed by atoms with Gasteiger partial charge in [-0.15, -0.1) is 0 Å². The molecule has 0 spiro atoms. The Bertz CT molecular complexity index is 375. The number of benzene rings is 1. The Hall–Kier alpha value is -0.340. The lowest BCUT2D eigenvalue weighted by atomic mass is 9.79. The van der Waals surface area contributed by atoms with Crippen LogP contribution in [-0.2, 0) is 12.8 Å². The van der Waals surface area contributed by atoms with E-state index < -0.39 is 0 Å². The van der Waals surface area contributed by atoms with E-state index in [4.69, 9.17) is 0 Å². The molecule has 0 radical (unpaired) electrons. The topological polar surface area (TPSA) is 12.0 Å². The van der Waals surface area contributed by atoms with Gasteiger partial charge >= 0.3 is 0 Å². The summed E-state index contributed by atoms with van der Waals surface area (Å²) >= 11 is 3.56. The normalized spacial score (nSPS) is 21.0. The molecule has 1 nitrogen and oxygen atoms in total. The van der Waals surface area contributed by atoms with Gasteiger partial charge in [0.15, 0.2) is 0 Å². The molecule has 0 amide bonds. The van der Waals surface area contributed by atoms with Gasteiger partial charge in [-0.2, -0.15) is 0 Å². The predicted molar refractivity (Wildman–Crippen MR) is 77.4 cm³/mol. The van der Waals surface area contributed by atoms with E-state index in [0.717, 1.165) is 12.5 Å². The van der Waals surface area contributed by atoms with E-state index in [0.29, 0.717) is 6.04 Å². The van der Waals surface area contributed by atoms with Crippen LogP contribution in [0.15, 0.2) is 22.7 Å². The summed E-state index contributed by atoms with van der Waals surface area (Å²) in [6.07, 6.45) is 5.05. The van der Waals surface area contributed by atoms with E-state index >= 15 is 0 Å². The monoisotopic (exact) mass is 295 g/mol. The van der Waals surface area contributed by atoms with Gasteiger partial charge in [0.1, 0.15) is 0 Å². The van der Waals surface area contributed by atoms with Crippen molar-refractivity contribution in [3.63, 3.8) is 0 Å². The smallest absolute Gasteiger partial charge is 0.0178 e. The number of halogens is 1. The SMILES string of the molecule is CCNC(CC)C1CCc2cc(Br)ccc2C1. The highest BCUT2D eigenvalue weighted by atomic mass is 79.9. The van der Waals surface area contributed by atoms with Crippen LogP contribution < -0.4 is 5.32 Å². The molecule has 2 unspecified atom stereocenters. The molecule has 0 fully saturated rings. The van der Waals surface area contributed by atoms with Crippen LogP contribution in [0.5, 0.6) is 0 Å². The van der Waals surface area contributed by atoms with Gasteiger partial charge in [-0.1, -0.05) is 35.8 Å². The largest absolute Gasteiger partial charge is 0.314 e. The van der Waals surface area contributed by atoms with Crippen molar-refractivity contribution in [2.75, 3.05) is 6.54 Å². The third-order valence-electron chi connectivity index (χ3n) is 3.91. The molecule has 1 aromatic rings. The van der Waals surface area contributed by atoms with Crippen molar-refractivity contribution in [3.8, 4) is 0 Å². The second-order valence-electron chi connectivity index (χ2n) is 4.99. The predicted octanol–water partition coefficient (Wildman–Crippen LogP) is 3.94. The zero-order chi connectivity index (χ0) is 12.3. The van der Waals surface area contributed by atoms with Crippen LogP contribution in [0.3, 0.4) is 0 Å². The molecule has 0 aromatic heterocycles. The molecule has 0 saturated carbocycles. The Morgan fingerprint density at radius 2 is 2.18 bits per heavy atom. The third-order valence-corrected chi connectivity index (χ3v) is 4.40. The van der Waals surface area contributed by atoms with Gasteiger partial charge in [0.25, 0.3) is 0 Å². The van der Waals surface area contributed by atoms with Crippen molar-refractivity contribution >= 4 is 15.9 Å². The lowest BCUT2D eigenvalue weighted by Crippen LogP contribution is -2.38. The maximum Gasteiger partial charge on any atom is 0.0178 e. The average molecular weight is 296 g/mol. The molecule has 0 saturated heterocycles. The molecule has 0 heterocycles. The van der Waals surface area contributed by atoms with Crippen molar-refractivity contribution in [2.24, 2.45) is 5.92 Å². The van der Waals surface area contributed by atoms with Gasteiger partial charge in [0, 0.05) is 10.5 Å². The first-order chi connectivity index (χ1) is 8.24. The van der Waals surface area contributed by atoms with Crippen molar-refractivity contribution in [3.05, 3.63) is 33.8 Å². The van der Waals surface area contributed by atoms with Crippen molar-refractivity contribution in [2.45, 2.75) is 45.6 Å². The molecule has 0 bridgehead atoms. The van der Waals surface area contributed by atoms with Gasteiger partial charge in [-0.25, -0.2) is 0 Å². The van der Waals surface area contributed by atoms with Gasteiger partial charge in [0.2, 0.25) is 0 Å². The number of aryl methyl sites for hydroxylation is 1. The number of fused-ring (bicyclic) bond motifs is 1. The molecule has 17 heavy (non-hydrogen) atoms. The lowest BCUT2D eigenvalue weighted by Gasteiger charge is -2.31. The minimum absolute atomic E-state index is 0.691. The van der Waals surface area contributed by atoms with E-state index in [1.54, 1.807) is 11.1 Å². The molecular formula is C15H22BrN. The highest BCUT2D eigenvalue weighted by molar-refractivity contribution is 9.10. The van der Waals surface area contributed by atoms with Crippen LogP contribution >= 0.6 is 15.9 Å². The minimum atomic E-state index is 0.691. The number of nitrogens with one attached hydrogen (secondary N) is 1. The van der Waals surface area contributed by atoms with Gasteiger partial charge in [-0.05, 0) is 61.4 Å². The highest BCUT2D eigenvalue weighted by Crippen LogP contribution is 2.30. The van der Waals surface area contributed by atoms with Crippen molar-refractivity contribution < 1.29 is 0 Å². The van der Waals surface area contributed by atoms with Crippen LogP contribution in [0.25, 0.3) is 0 Å². The van der Waals surface area contributed by atoms with E-state index in [1.807, 2.05) is 0 Å². The average Bonchev–Trinajstić information content (AvgIpc) is 2.35. The van der Waals surface area contributed by atoms with Crippen LogP contribution in [0.1, 0.15) is 37.8 Å². The molecule has 1 aliphatic carbocycles. The molecule has 94 valence electrons. The zero-order valence-electron chi connectivity index (χ0n) is 10.8. The fourth-order valence-corrected chi connectivity index (χ4v) is 3.41. The molecule has 2 heteroatoms. The second kappa shape index (κ2) is 6.01. The first-order valence-corrected chi connectivity index (χ1v) is 7.54. The van der Waals surface area contributed by atoms with E-state index in [2.05, 4.69) is 53.3 Å². The van der Waals surface area contributed by atoms with Crippen molar-refractivity contribution in [1.82, 2.24) is 5.32 Å². The van der Waals surface area contributed by atoms with E-state index in [-0.39, 0.29) is 0 Å². The first-order valence-electron chi connectivity index (χ1n) is 6.75. The van der Waals surface area contributed by atoms with Crippen LogP contribution in [-0.4, -0.2) is 12.6 Å². The summed E-state index contributed by atoms with van der Waals surface area (Å²) < 4.78 is 1.22. The quantitative estimate of drug-likeness (QED) is 0.887. The summed E-state index contributed by atoms with van der Waals surface area (Å²) in [4.78, 5) is 0. The van der Waals surface area contributed by atoms with Crippen molar-refractivity contribution in [1.29, 1.82) is 0 Å². The highest BCUT2D eigenvalue weighted by Gasteiger charge is 2.24. The van der Waals surface area contributed by atoms with E-state index in [1.165, 1.54) is 30.2 Å². The van der Waals surface area contributed by atoms with Crippen LogP contribution in [0, 0.1) is 5.92 Å². The Morgan fingerprint density at radius 3 is 2.88 bits per heavy atom. The molecule has 1 aromatic carbocycles. The second-order valence-corrected chi connectivity index (χ2v) is 5.90. The third kappa shape index (κ3) is 3.11. The molecule has 1 aliphatic rings. The minimum Gasteiger partial charge on any atom is -0.314 e. The molecule has 0 aliphatic heterocycles. The fraction of sp³-hybridized carbons (Fsp3) is 0.600. The standard InChI is InChI=1S/C15H22BrN/c1-3-15(17-4-2)13-6-5-12-10-14(16)8-7-11(12)9-13/h7-8,10,13,15,17H,3-6,9H2,1-2H3. The number of rotatable bonds is 4. The maximum absolute atomic E-state index is 3.63. The van der Waals surface area contributed by atoms with Gasteiger partial charge in [0.05, 0.1) is 0 Å². The fourth-order valence-electron chi connectivity index (χ4n) is 3.00. The molecule has 2 atom stereocenters. The molecule has 2 rings (SSSR count). The number of hydrogen-bond acceptors (Lipinski definition) is 1. The van der Waals surface area contributed by atoms with Gasteiger partial charge in [-0.3, -0.25) is 0 Å². The Kier molecular flexibility index (Phi) is 4.63. The Balaban J connectivity index is 2.09. The van der Waals surface area contributed by atoms with Gasteiger partial charge < -0.3 is 5.32 Å². The summed E-state index contributed by atoms with van der Waals surface area (Å²) in [5.41, 5.74) is 3.10. The summed E-state index contributed by atoms with van der Waals surface area (Å²) in [5, 5.41) is 3.63. The lowest BCUT2D eigenvalue weighted by molar-refractivity contribution is 0.317. The zero-order valence-corrected chi connectivity index (χ0v) is 12.4. The summed E-state index contributed by atoms with van der Waals surface area (Å²) in [5.74, 6) is 0.814. The first kappa shape index (κ1) is 13.1.